The summed E-state index contributed by atoms with van der Waals surface area (Å²) in [5, 5.41) is 3.01. The first kappa shape index (κ1) is 20.5. The molecule has 0 spiro atoms. The highest BCUT2D eigenvalue weighted by Crippen LogP contribution is 2.28. The Morgan fingerprint density at radius 1 is 0.909 bits per heavy atom. The third-order valence-electron chi connectivity index (χ3n) is 5.37. The third kappa shape index (κ3) is 4.62. The summed E-state index contributed by atoms with van der Waals surface area (Å²) in [5.74, 6) is 0.949. The highest BCUT2D eigenvalue weighted by Gasteiger charge is 2.13. The maximum absolute atomic E-state index is 13.0. The average molecular weight is 434 g/mol. The van der Waals surface area contributed by atoms with E-state index in [1.807, 2.05) is 91.9 Å². The van der Waals surface area contributed by atoms with Crippen molar-refractivity contribution >= 4 is 22.7 Å². The lowest BCUT2D eigenvalue weighted by Crippen LogP contribution is -2.13. The zero-order valence-electron chi connectivity index (χ0n) is 18.1. The molecular weight excluding hydrogens is 412 g/mol. The van der Waals surface area contributed by atoms with Crippen molar-refractivity contribution in [2.75, 3.05) is 5.32 Å². The van der Waals surface area contributed by atoms with Gasteiger partial charge in [-0.2, -0.15) is 0 Å². The van der Waals surface area contributed by atoms with E-state index in [1.165, 1.54) is 0 Å². The van der Waals surface area contributed by atoms with Gasteiger partial charge in [-0.1, -0.05) is 54.6 Å². The quantitative estimate of drug-likeness (QED) is 0.326. The normalized spacial score (nSPS) is 10.8. The van der Waals surface area contributed by atoms with Crippen LogP contribution in [0.5, 0.6) is 5.75 Å². The van der Waals surface area contributed by atoms with Crippen molar-refractivity contribution in [2.45, 2.75) is 13.5 Å². The zero-order chi connectivity index (χ0) is 22.6. The van der Waals surface area contributed by atoms with E-state index in [4.69, 9.17) is 9.15 Å². The summed E-state index contributed by atoms with van der Waals surface area (Å²) in [6.45, 7) is 2.39. The number of carbonyl (C=O) groups is 1. The lowest BCUT2D eigenvalue weighted by molar-refractivity contribution is 0.102. The smallest absolute Gasteiger partial charge is 0.255 e. The number of hydrogen-bond donors (Lipinski definition) is 1. The fourth-order valence-electron chi connectivity index (χ4n) is 3.55. The van der Waals surface area contributed by atoms with Gasteiger partial charge in [-0.05, 0) is 60.5 Å². The maximum atomic E-state index is 13.0. The molecule has 4 aromatic carbocycles. The van der Waals surface area contributed by atoms with Gasteiger partial charge in [0.1, 0.15) is 17.9 Å². The van der Waals surface area contributed by atoms with Crippen LogP contribution in [0.25, 0.3) is 22.6 Å². The molecule has 5 aromatic rings. The largest absolute Gasteiger partial charge is 0.489 e. The van der Waals surface area contributed by atoms with Gasteiger partial charge in [-0.15, -0.1) is 0 Å². The summed E-state index contributed by atoms with van der Waals surface area (Å²) < 4.78 is 11.7. The second kappa shape index (κ2) is 9.01. The average Bonchev–Trinajstić information content (AvgIpc) is 3.29. The Bertz CT molecular complexity index is 1390. The van der Waals surface area contributed by atoms with Gasteiger partial charge >= 0.3 is 0 Å². The van der Waals surface area contributed by atoms with E-state index in [9.17, 15) is 4.79 Å². The standard InChI is InChI=1S/C28H22N2O3/c1-19-14-15-22(28-30-24-12-5-6-13-26(24)33-28)17-25(19)29-27(31)21-10-7-11-23(16-21)32-18-20-8-3-2-4-9-20/h2-17H,18H2,1H3,(H,29,31). The van der Waals surface area contributed by atoms with Crippen LogP contribution in [-0.4, -0.2) is 10.9 Å². The second-order valence-corrected chi connectivity index (χ2v) is 7.77. The molecule has 0 atom stereocenters. The van der Waals surface area contributed by atoms with Crippen molar-refractivity contribution in [3.8, 4) is 17.2 Å². The maximum Gasteiger partial charge on any atom is 0.255 e. The van der Waals surface area contributed by atoms with Crippen LogP contribution in [0, 0.1) is 6.92 Å². The minimum atomic E-state index is -0.210. The topological polar surface area (TPSA) is 64.4 Å². The van der Waals surface area contributed by atoms with Crippen molar-refractivity contribution < 1.29 is 13.9 Å². The number of ether oxygens (including phenoxy) is 1. The number of benzene rings is 4. The fraction of sp³-hybridized carbons (Fsp3) is 0.0714. The van der Waals surface area contributed by atoms with Crippen LogP contribution >= 0.6 is 0 Å². The Morgan fingerprint density at radius 2 is 1.73 bits per heavy atom. The Morgan fingerprint density at radius 3 is 2.58 bits per heavy atom. The highest BCUT2D eigenvalue weighted by molar-refractivity contribution is 6.05. The molecule has 0 saturated heterocycles. The van der Waals surface area contributed by atoms with Crippen LogP contribution in [0.3, 0.4) is 0 Å². The van der Waals surface area contributed by atoms with E-state index in [2.05, 4.69) is 10.3 Å². The molecule has 0 radical (unpaired) electrons. The van der Waals surface area contributed by atoms with Gasteiger partial charge < -0.3 is 14.5 Å². The summed E-state index contributed by atoms with van der Waals surface area (Å²) in [6, 6.07) is 30.5. The fourth-order valence-corrected chi connectivity index (χ4v) is 3.55. The minimum Gasteiger partial charge on any atom is -0.489 e. The van der Waals surface area contributed by atoms with Crippen LogP contribution in [0.2, 0.25) is 0 Å². The van der Waals surface area contributed by atoms with Crippen molar-refractivity contribution in [3.63, 3.8) is 0 Å². The second-order valence-electron chi connectivity index (χ2n) is 7.77. The number of fused-ring (bicyclic) bond motifs is 1. The molecule has 33 heavy (non-hydrogen) atoms. The van der Waals surface area contributed by atoms with E-state index < -0.39 is 0 Å². The summed E-state index contributed by atoms with van der Waals surface area (Å²) in [5.41, 5.74) is 5.56. The first-order chi connectivity index (χ1) is 16.2. The lowest BCUT2D eigenvalue weighted by Gasteiger charge is -2.11. The van der Waals surface area contributed by atoms with Gasteiger partial charge in [-0.25, -0.2) is 4.98 Å². The zero-order valence-corrected chi connectivity index (χ0v) is 18.1. The van der Waals surface area contributed by atoms with Crippen LogP contribution in [-0.2, 0) is 6.61 Å². The van der Waals surface area contributed by atoms with Crippen LogP contribution in [0.4, 0.5) is 5.69 Å². The first-order valence-corrected chi connectivity index (χ1v) is 10.7. The number of carbonyl (C=O) groups excluding carboxylic acids is 1. The molecule has 5 nitrogen and oxygen atoms in total. The molecule has 0 saturated carbocycles. The predicted octanol–water partition coefficient (Wildman–Crippen LogP) is 6.63. The number of rotatable bonds is 6. The molecule has 0 aliphatic carbocycles. The summed E-state index contributed by atoms with van der Waals surface area (Å²) >= 11 is 0. The Balaban J connectivity index is 1.34. The van der Waals surface area contributed by atoms with Gasteiger partial charge in [-0.3, -0.25) is 4.79 Å². The molecule has 0 aliphatic heterocycles. The van der Waals surface area contributed by atoms with Crippen LogP contribution in [0.15, 0.2) is 101 Å². The summed E-state index contributed by atoms with van der Waals surface area (Å²) in [6.07, 6.45) is 0. The van der Waals surface area contributed by atoms with Crippen molar-refractivity contribution in [3.05, 3.63) is 114 Å². The molecule has 5 heteroatoms. The van der Waals surface area contributed by atoms with E-state index >= 15 is 0 Å². The number of aryl methyl sites for hydroxylation is 1. The Labute approximate surface area is 191 Å². The minimum absolute atomic E-state index is 0.210. The molecule has 162 valence electrons. The van der Waals surface area contributed by atoms with Crippen molar-refractivity contribution in [2.24, 2.45) is 0 Å². The highest BCUT2D eigenvalue weighted by atomic mass is 16.5. The molecule has 0 unspecified atom stereocenters. The van der Waals surface area contributed by atoms with Gasteiger partial charge in [0.15, 0.2) is 5.58 Å². The molecule has 1 aromatic heterocycles. The number of hydrogen-bond acceptors (Lipinski definition) is 4. The Kier molecular flexibility index (Phi) is 5.60. The van der Waals surface area contributed by atoms with Gasteiger partial charge in [0.25, 0.3) is 5.91 Å². The van der Waals surface area contributed by atoms with Crippen molar-refractivity contribution in [1.29, 1.82) is 0 Å². The molecule has 5 rings (SSSR count). The predicted molar refractivity (Wildman–Crippen MR) is 129 cm³/mol. The number of anilines is 1. The van der Waals surface area contributed by atoms with Gasteiger partial charge in [0, 0.05) is 16.8 Å². The molecule has 0 fully saturated rings. The van der Waals surface area contributed by atoms with Crippen LogP contribution in [0.1, 0.15) is 21.5 Å². The van der Waals surface area contributed by atoms with Gasteiger partial charge in [0.2, 0.25) is 5.89 Å². The molecule has 1 N–H and O–H groups in total. The number of nitrogens with zero attached hydrogens (tertiary/aromatic N) is 1. The van der Waals surface area contributed by atoms with E-state index in [-0.39, 0.29) is 5.91 Å². The van der Waals surface area contributed by atoms with Gasteiger partial charge in [0.05, 0.1) is 0 Å². The van der Waals surface area contributed by atoms with Crippen LogP contribution < -0.4 is 10.1 Å². The van der Waals surface area contributed by atoms with E-state index in [1.54, 1.807) is 12.1 Å². The number of nitrogens with one attached hydrogen (secondary N) is 1. The number of oxazole rings is 1. The van der Waals surface area contributed by atoms with Crippen molar-refractivity contribution in [1.82, 2.24) is 4.98 Å². The molecule has 0 aliphatic rings. The Hall–Kier alpha value is -4.38. The molecule has 0 bridgehead atoms. The third-order valence-corrected chi connectivity index (χ3v) is 5.37. The number of amides is 1. The summed E-state index contributed by atoms with van der Waals surface area (Å²) in [7, 11) is 0. The number of para-hydroxylation sites is 2. The molecule has 1 heterocycles. The molecular formula is C28H22N2O3. The van der Waals surface area contributed by atoms with E-state index in [0.29, 0.717) is 29.5 Å². The number of aromatic nitrogens is 1. The molecule has 1 amide bonds. The SMILES string of the molecule is Cc1ccc(-c2nc3ccccc3o2)cc1NC(=O)c1cccc(OCc2ccccc2)c1. The van der Waals surface area contributed by atoms with E-state index in [0.717, 1.165) is 27.8 Å². The monoisotopic (exact) mass is 434 g/mol. The first-order valence-electron chi connectivity index (χ1n) is 10.7. The summed E-state index contributed by atoms with van der Waals surface area (Å²) in [4.78, 5) is 17.5. The lowest BCUT2D eigenvalue weighted by atomic mass is 10.1.